The average Bonchev–Trinajstić information content (AvgIpc) is 2.65. The summed E-state index contributed by atoms with van der Waals surface area (Å²) in [6.07, 6.45) is 14.4. The normalized spacial score (nSPS) is 36.0. The molecule has 1 aliphatic heterocycles. The van der Waals surface area contributed by atoms with Crippen molar-refractivity contribution in [2.45, 2.75) is 91.4 Å². The van der Waals surface area contributed by atoms with Crippen molar-refractivity contribution >= 4 is 5.91 Å². The highest BCUT2D eigenvalue weighted by Crippen LogP contribution is 2.46. The van der Waals surface area contributed by atoms with Crippen LogP contribution in [0.3, 0.4) is 0 Å². The van der Waals surface area contributed by atoms with Crippen molar-refractivity contribution < 1.29 is 4.79 Å². The average molecular weight is 374 g/mol. The van der Waals surface area contributed by atoms with Crippen molar-refractivity contribution in [1.82, 2.24) is 4.90 Å². The van der Waals surface area contributed by atoms with Crippen LogP contribution in [0.2, 0.25) is 0 Å². The van der Waals surface area contributed by atoms with Gasteiger partial charge in [-0.25, -0.2) is 0 Å². The van der Waals surface area contributed by atoms with Crippen molar-refractivity contribution in [3.63, 3.8) is 0 Å². The van der Waals surface area contributed by atoms with Gasteiger partial charge in [-0.1, -0.05) is 84.3 Å². The number of rotatable bonds is 6. The number of hydrogen-bond acceptors (Lipinski definition) is 1. The van der Waals surface area contributed by atoms with Gasteiger partial charge in [0.15, 0.2) is 0 Å². The maximum atomic E-state index is 13.6. The maximum Gasteiger partial charge on any atom is 0.226 e. The lowest BCUT2D eigenvalue weighted by molar-refractivity contribution is -0.149. The maximum absolute atomic E-state index is 13.6. The van der Waals surface area contributed by atoms with Crippen molar-refractivity contribution in [3.05, 3.63) is 12.2 Å². The summed E-state index contributed by atoms with van der Waals surface area (Å²) >= 11 is 0. The number of likely N-dealkylation sites (tertiary alicyclic amines) is 1. The summed E-state index contributed by atoms with van der Waals surface area (Å²) in [6.45, 7) is 13.1. The summed E-state index contributed by atoms with van der Waals surface area (Å²) in [7, 11) is 0. The summed E-state index contributed by atoms with van der Waals surface area (Å²) in [5, 5.41) is 0. The van der Waals surface area contributed by atoms with Crippen LogP contribution in [0, 0.1) is 35.5 Å². The van der Waals surface area contributed by atoms with Gasteiger partial charge >= 0.3 is 0 Å². The third-order valence-electron chi connectivity index (χ3n) is 8.03. The van der Waals surface area contributed by atoms with E-state index >= 15 is 0 Å². The lowest BCUT2D eigenvalue weighted by Gasteiger charge is -2.49. The first-order valence-corrected chi connectivity index (χ1v) is 12.0. The van der Waals surface area contributed by atoms with E-state index in [0.29, 0.717) is 23.7 Å². The standard InChI is InChI=1S/C25H43NO/c1-5-10-19(3)16-26-17-23(21-12-7-6-8-13-21)20(4)24(25(26)27)22-14-9-11-18(2)15-22/h18,20-24H,3,5-17H2,1-2,4H3. The van der Waals surface area contributed by atoms with E-state index in [1.54, 1.807) is 0 Å². The molecule has 2 saturated carbocycles. The predicted molar refractivity (Wildman–Crippen MR) is 114 cm³/mol. The fourth-order valence-electron chi connectivity index (χ4n) is 6.64. The number of piperidine rings is 1. The van der Waals surface area contributed by atoms with Gasteiger partial charge in [0.1, 0.15) is 0 Å². The monoisotopic (exact) mass is 373 g/mol. The summed E-state index contributed by atoms with van der Waals surface area (Å²) in [4.78, 5) is 15.8. The fraction of sp³-hybridized carbons (Fsp3) is 0.880. The molecule has 3 aliphatic rings. The largest absolute Gasteiger partial charge is 0.338 e. The molecule has 2 aliphatic carbocycles. The van der Waals surface area contributed by atoms with E-state index in [9.17, 15) is 4.79 Å². The highest BCUT2D eigenvalue weighted by Gasteiger charge is 2.46. The zero-order valence-electron chi connectivity index (χ0n) is 18.2. The molecule has 27 heavy (non-hydrogen) atoms. The van der Waals surface area contributed by atoms with Crippen LogP contribution in [0.1, 0.15) is 91.4 Å². The second-order valence-electron chi connectivity index (χ2n) is 10.2. The lowest BCUT2D eigenvalue weighted by atomic mass is 9.62. The molecule has 0 bridgehead atoms. The predicted octanol–water partition coefficient (Wildman–Crippen LogP) is 6.46. The minimum atomic E-state index is 0.267. The van der Waals surface area contributed by atoms with Crippen LogP contribution in [0.15, 0.2) is 12.2 Å². The summed E-state index contributed by atoms with van der Waals surface area (Å²) < 4.78 is 0. The highest BCUT2D eigenvalue weighted by atomic mass is 16.2. The molecule has 3 rings (SSSR count). The van der Waals surface area contributed by atoms with E-state index in [0.717, 1.165) is 37.8 Å². The van der Waals surface area contributed by atoms with Gasteiger partial charge in [-0.15, -0.1) is 0 Å². The Morgan fingerprint density at radius 3 is 2.41 bits per heavy atom. The van der Waals surface area contributed by atoms with Gasteiger partial charge in [0.2, 0.25) is 5.91 Å². The SMILES string of the molecule is C=C(CCC)CN1CC(C2CCCCC2)C(C)C(C2CCCC(C)C2)C1=O. The molecule has 1 heterocycles. The highest BCUT2D eigenvalue weighted by molar-refractivity contribution is 5.80. The van der Waals surface area contributed by atoms with Crippen molar-refractivity contribution in [2.24, 2.45) is 35.5 Å². The molecule has 0 aromatic rings. The lowest BCUT2D eigenvalue weighted by Crippen LogP contribution is -2.54. The van der Waals surface area contributed by atoms with Gasteiger partial charge in [-0.2, -0.15) is 0 Å². The minimum Gasteiger partial charge on any atom is -0.338 e. The van der Waals surface area contributed by atoms with Gasteiger partial charge in [0.25, 0.3) is 0 Å². The molecular formula is C25H43NO. The van der Waals surface area contributed by atoms with Crippen LogP contribution in [-0.2, 0) is 4.79 Å². The van der Waals surface area contributed by atoms with Crippen LogP contribution in [0.4, 0.5) is 0 Å². The van der Waals surface area contributed by atoms with E-state index in [-0.39, 0.29) is 5.92 Å². The first-order valence-electron chi connectivity index (χ1n) is 12.0. The van der Waals surface area contributed by atoms with Gasteiger partial charge in [-0.05, 0) is 48.9 Å². The Hall–Kier alpha value is -0.790. The quantitative estimate of drug-likeness (QED) is 0.489. The van der Waals surface area contributed by atoms with E-state index in [1.165, 1.54) is 63.4 Å². The topological polar surface area (TPSA) is 20.3 Å². The molecular weight excluding hydrogens is 330 g/mol. The van der Waals surface area contributed by atoms with Gasteiger partial charge in [0, 0.05) is 19.0 Å². The molecule has 5 unspecified atom stereocenters. The Bertz CT molecular complexity index is 506. The van der Waals surface area contributed by atoms with E-state index in [1.807, 2.05) is 0 Å². The summed E-state index contributed by atoms with van der Waals surface area (Å²) in [5.74, 6) is 4.25. The molecule has 1 amide bonds. The molecule has 5 atom stereocenters. The van der Waals surface area contributed by atoms with Crippen LogP contribution >= 0.6 is 0 Å². The number of carbonyl (C=O) groups is 1. The molecule has 0 spiro atoms. The van der Waals surface area contributed by atoms with Gasteiger partial charge in [-0.3, -0.25) is 4.79 Å². The van der Waals surface area contributed by atoms with Crippen molar-refractivity contribution in [2.75, 3.05) is 13.1 Å². The first kappa shape index (κ1) is 20.9. The van der Waals surface area contributed by atoms with Crippen molar-refractivity contribution in [3.8, 4) is 0 Å². The molecule has 3 fully saturated rings. The van der Waals surface area contributed by atoms with Crippen LogP contribution in [0.5, 0.6) is 0 Å². The Morgan fingerprint density at radius 2 is 1.74 bits per heavy atom. The van der Waals surface area contributed by atoms with E-state index in [2.05, 4.69) is 32.3 Å². The summed E-state index contributed by atoms with van der Waals surface area (Å²) in [5.41, 5.74) is 1.25. The number of carbonyl (C=O) groups excluding carboxylic acids is 1. The second-order valence-corrected chi connectivity index (χ2v) is 10.2. The molecule has 2 nitrogen and oxygen atoms in total. The Balaban J connectivity index is 1.80. The van der Waals surface area contributed by atoms with E-state index in [4.69, 9.17) is 0 Å². The zero-order valence-corrected chi connectivity index (χ0v) is 18.2. The van der Waals surface area contributed by atoms with Crippen LogP contribution in [-0.4, -0.2) is 23.9 Å². The number of nitrogens with zero attached hydrogens (tertiary/aromatic N) is 1. The van der Waals surface area contributed by atoms with E-state index < -0.39 is 0 Å². The molecule has 154 valence electrons. The Labute approximate surface area is 168 Å². The first-order chi connectivity index (χ1) is 13.0. The molecule has 0 aromatic heterocycles. The Kier molecular flexibility index (Phi) is 7.45. The van der Waals surface area contributed by atoms with Gasteiger partial charge in [0.05, 0.1) is 0 Å². The third kappa shape index (κ3) is 4.98. The second kappa shape index (κ2) is 9.61. The fourth-order valence-corrected chi connectivity index (χ4v) is 6.64. The van der Waals surface area contributed by atoms with Crippen molar-refractivity contribution in [1.29, 1.82) is 0 Å². The molecule has 0 N–H and O–H groups in total. The molecule has 0 aromatic carbocycles. The zero-order chi connectivity index (χ0) is 19.4. The Morgan fingerprint density at radius 1 is 1.04 bits per heavy atom. The van der Waals surface area contributed by atoms with Crippen LogP contribution < -0.4 is 0 Å². The smallest absolute Gasteiger partial charge is 0.226 e. The van der Waals surface area contributed by atoms with Gasteiger partial charge < -0.3 is 4.90 Å². The number of amides is 1. The number of hydrogen-bond donors (Lipinski definition) is 0. The van der Waals surface area contributed by atoms with Crippen LogP contribution in [0.25, 0.3) is 0 Å². The molecule has 2 heteroatoms. The molecule has 1 saturated heterocycles. The minimum absolute atomic E-state index is 0.267. The molecule has 0 radical (unpaired) electrons. The summed E-state index contributed by atoms with van der Waals surface area (Å²) in [6, 6.07) is 0. The third-order valence-corrected chi connectivity index (χ3v) is 8.03.